The number of benzene rings is 1. The first-order valence-electron chi connectivity index (χ1n) is 9.07. The molecule has 1 unspecified atom stereocenters. The monoisotopic (exact) mass is 434 g/mol. The summed E-state index contributed by atoms with van der Waals surface area (Å²) in [7, 11) is -0.141. The number of pyridine rings is 1. The minimum Gasteiger partial charge on any atom is -0.465 e. The summed E-state index contributed by atoms with van der Waals surface area (Å²) in [5.41, 5.74) is 0.889. The average molecular weight is 434 g/mol. The van der Waals surface area contributed by atoms with Crippen LogP contribution in [0.5, 0.6) is 0 Å². The van der Waals surface area contributed by atoms with Crippen LogP contribution in [0.4, 0.5) is 0 Å². The molecule has 1 atom stereocenters. The molecule has 0 aliphatic rings. The van der Waals surface area contributed by atoms with Gasteiger partial charge in [0.05, 0.1) is 29.0 Å². The van der Waals surface area contributed by atoms with Crippen LogP contribution in [-0.4, -0.2) is 52.7 Å². The second kappa shape index (κ2) is 7.06. The van der Waals surface area contributed by atoms with Gasteiger partial charge in [-0.15, -0.1) is 0 Å². The fourth-order valence-corrected chi connectivity index (χ4v) is 3.82. The zero-order chi connectivity index (χ0) is 21.7. The molecule has 10 nitrogen and oxygen atoms in total. The predicted octanol–water partition coefficient (Wildman–Crippen LogP) is 1.50. The van der Waals surface area contributed by atoms with Gasteiger partial charge < -0.3 is 4.74 Å². The standard InChI is InChI=1S/C20H14N6O4S/c1-30-19(28)11-6-7-14-12(9-11)17-23-16-13(10-22-20(24-16)31(2)29)18(27)26(17)25(14)15-5-3-4-8-21-15/h3-10H,1-2H3. The van der Waals surface area contributed by atoms with Crippen LogP contribution in [0.25, 0.3) is 33.4 Å². The summed E-state index contributed by atoms with van der Waals surface area (Å²) in [6.07, 6.45) is 4.38. The van der Waals surface area contributed by atoms with Gasteiger partial charge in [-0.05, 0) is 30.3 Å². The molecule has 0 spiro atoms. The van der Waals surface area contributed by atoms with Gasteiger partial charge in [0.15, 0.2) is 17.1 Å². The molecule has 0 aliphatic heterocycles. The minimum absolute atomic E-state index is 0.0764. The van der Waals surface area contributed by atoms with Crippen molar-refractivity contribution >= 4 is 44.4 Å². The van der Waals surface area contributed by atoms with E-state index in [0.717, 1.165) is 0 Å². The van der Waals surface area contributed by atoms with E-state index in [0.29, 0.717) is 22.3 Å². The lowest BCUT2D eigenvalue weighted by molar-refractivity contribution is 0.0601. The Labute approximate surface area is 176 Å². The summed E-state index contributed by atoms with van der Waals surface area (Å²) in [6.45, 7) is 0. The third kappa shape index (κ3) is 2.89. The van der Waals surface area contributed by atoms with Crippen LogP contribution in [0.2, 0.25) is 0 Å². The Bertz CT molecular complexity index is 1590. The van der Waals surface area contributed by atoms with E-state index in [4.69, 9.17) is 4.74 Å². The molecule has 5 aromatic rings. The lowest BCUT2D eigenvalue weighted by atomic mass is 10.1. The fourth-order valence-electron chi connectivity index (χ4n) is 3.41. The SMILES string of the molecule is COC(=O)c1ccc2c(c1)c1nc3nc(S(C)=O)ncc3c(=O)n1n2-c1ccccn1. The van der Waals surface area contributed by atoms with Gasteiger partial charge in [0.2, 0.25) is 5.16 Å². The molecule has 0 bridgehead atoms. The molecular weight excluding hydrogens is 420 g/mol. The number of nitrogens with zero attached hydrogens (tertiary/aromatic N) is 6. The number of esters is 1. The Morgan fingerprint density at radius 2 is 1.94 bits per heavy atom. The van der Waals surface area contributed by atoms with Crippen LogP contribution in [0.3, 0.4) is 0 Å². The van der Waals surface area contributed by atoms with Gasteiger partial charge in [0, 0.05) is 24.0 Å². The zero-order valence-corrected chi connectivity index (χ0v) is 17.2. The highest BCUT2D eigenvalue weighted by molar-refractivity contribution is 7.84. The van der Waals surface area contributed by atoms with Gasteiger partial charge in [-0.25, -0.2) is 24.4 Å². The lowest BCUT2D eigenvalue weighted by Crippen LogP contribution is -2.22. The number of fused-ring (bicyclic) bond motifs is 4. The average Bonchev–Trinajstić information content (AvgIpc) is 3.12. The van der Waals surface area contributed by atoms with Crippen molar-refractivity contribution < 1.29 is 13.7 Å². The van der Waals surface area contributed by atoms with Crippen molar-refractivity contribution in [1.82, 2.24) is 29.1 Å². The van der Waals surface area contributed by atoms with E-state index in [1.54, 1.807) is 47.3 Å². The molecule has 0 saturated carbocycles. The first kappa shape index (κ1) is 19.0. The molecule has 0 radical (unpaired) electrons. The molecule has 31 heavy (non-hydrogen) atoms. The second-order valence-electron chi connectivity index (χ2n) is 6.62. The number of ether oxygens (including phenoxy) is 1. The molecule has 0 saturated heterocycles. The van der Waals surface area contributed by atoms with Crippen LogP contribution < -0.4 is 5.56 Å². The maximum atomic E-state index is 13.4. The van der Waals surface area contributed by atoms with Crippen LogP contribution in [0.1, 0.15) is 10.4 Å². The molecule has 4 heterocycles. The Hall–Kier alpha value is -3.99. The van der Waals surface area contributed by atoms with Gasteiger partial charge >= 0.3 is 5.97 Å². The summed E-state index contributed by atoms with van der Waals surface area (Å²) in [6, 6.07) is 10.2. The maximum Gasteiger partial charge on any atom is 0.337 e. The molecule has 4 aromatic heterocycles. The first-order chi connectivity index (χ1) is 15.0. The fraction of sp³-hybridized carbons (Fsp3) is 0.100. The van der Waals surface area contributed by atoms with Crippen molar-refractivity contribution in [3.05, 3.63) is 64.7 Å². The zero-order valence-electron chi connectivity index (χ0n) is 16.3. The highest BCUT2D eigenvalue weighted by Gasteiger charge is 2.20. The first-order valence-corrected chi connectivity index (χ1v) is 10.6. The van der Waals surface area contributed by atoms with E-state index in [9.17, 15) is 13.8 Å². The molecule has 11 heteroatoms. The number of hydrogen-bond donors (Lipinski definition) is 0. The van der Waals surface area contributed by atoms with Gasteiger partial charge in [0.25, 0.3) is 5.56 Å². The van der Waals surface area contributed by atoms with E-state index in [1.165, 1.54) is 24.1 Å². The molecule has 0 fully saturated rings. The van der Waals surface area contributed by atoms with Crippen molar-refractivity contribution in [2.45, 2.75) is 5.16 Å². The number of carbonyl (C=O) groups excluding carboxylic acids is 1. The highest BCUT2D eigenvalue weighted by atomic mass is 32.2. The van der Waals surface area contributed by atoms with Gasteiger partial charge in [-0.1, -0.05) is 6.07 Å². The Morgan fingerprint density at radius 1 is 1.10 bits per heavy atom. The minimum atomic E-state index is -1.44. The molecule has 1 aromatic carbocycles. The maximum absolute atomic E-state index is 13.4. The van der Waals surface area contributed by atoms with Crippen LogP contribution in [-0.2, 0) is 15.5 Å². The van der Waals surface area contributed by atoms with E-state index in [-0.39, 0.29) is 21.8 Å². The van der Waals surface area contributed by atoms with Crippen molar-refractivity contribution in [1.29, 1.82) is 0 Å². The molecule has 5 rings (SSSR count). The van der Waals surface area contributed by atoms with Crippen LogP contribution >= 0.6 is 0 Å². The smallest absolute Gasteiger partial charge is 0.337 e. The van der Waals surface area contributed by atoms with E-state index < -0.39 is 22.3 Å². The topological polar surface area (TPSA) is 121 Å². The summed E-state index contributed by atoms with van der Waals surface area (Å²) in [4.78, 5) is 42.7. The molecular formula is C20H14N6O4S. The Balaban J connectivity index is 1.98. The normalized spacial score (nSPS) is 12.5. The van der Waals surface area contributed by atoms with E-state index in [1.807, 2.05) is 0 Å². The predicted molar refractivity (Wildman–Crippen MR) is 113 cm³/mol. The molecule has 154 valence electrons. The molecule has 0 N–H and O–H groups in total. The van der Waals surface area contributed by atoms with Crippen molar-refractivity contribution in [2.24, 2.45) is 0 Å². The quantitative estimate of drug-likeness (QED) is 0.309. The van der Waals surface area contributed by atoms with E-state index in [2.05, 4.69) is 19.9 Å². The van der Waals surface area contributed by atoms with Crippen molar-refractivity contribution in [3.8, 4) is 5.82 Å². The third-order valence-corrected chi connectivity index (χ3v) is 5.50. The summed E-state index contributed by atoms with van der Waals surface area (Å²) < 4.78 is 19.6. The van der Waals surface area contributed by atoms with Gasteiger partial charge in [0.1, 0.15) is 5.39 Å². The van der Waals surface area contributed by atoms with Gasteiger partial charge in [-0.3, -0.25) is 9.00 Å². The Kier molecular flexibility index (Phi) is 4.33. The highest BCUT2D eigenvalue weighted by Crippen LogP contribution is 2.25. The van der Waals surface area contributed by atoms with Crippen LogP contribution in [0.15, 0.2) is 58.7 Å². The molecule has 0 amide bonds. The second-order valence-corrected chi connectivity index (χ2v) is 7.89. The largest absolute Gasteiger partial charge is 0.465 e. The van der Waals surface area contributed by atoms with Crippen LogP contribution in [0, 0.1) is 0 Å². The lowest BCUT2D eigenvalue weighted by Gasteiger charge is -2.07. The number of hydrogen-bond acceptors (Lipinski definition) is 8. The Morgan fingerprint density at radius 3 is 2.65 bits per heavy atom. The van der Waals surface area contributed by atoms with Gasteiger partial charge in [-0.2, -0.15) is 9.50 Å². The summed E-state index contributed by atoms with van der Waals surface area (Å²) >= 11 is 0. The summed E-state index contributed by atoms with van der Waals surface area (Å²) in [5.74, 6) is -0.0245. The van der Waals surface area contributed by atoms with Crippen molar-refractivity contribution in [2.75, 3.05) is 13.4 Å². The number of methoxy groups -OCH3 is 1. The summed E-state index contributed by atoms with van der Waals surface area (Å²) in [5, 5.41) is 0.776. The number of rotatable bonds is 3. The van der Waals surface area contributed by atoms with E-state index >= 15 is 0 Å². The number of aromatic nitrogens is 6. The van der Waals surface area contributed by atoms with Crippen molar-refractivity contribution in [3.63, 3.8) is 0 Å². The molecule has 0 aliphatic carbocycles. The third-order valence-electron chi connectivity index (χ3n) is 4.79. The number of carbonyl (C=O) groups is 1.